The van der Waals surface area contributed by atoms with E-state index in [2.05, 4.69) is 28.9 Å². The lowest BCUT2D eigenvalue weighted by molar-refractivity contribution is -0.00289. The van der Waals surface area contributed by atoms with Crippen LogP contribution >= 0.6 is 11.8 Å². The van der Waals surface area contributed by atoms with Gasteiger partial charge in [0.25, 0.3) is 0 Å². The second-order valence-electron chi connectivity index (χ2n) is 6.33. The standard InChI is InChI=1S/C15H28N2S/c1-2-7-16-12-9-13-4-3-5-14(10-12)17(13)15-6-8-18-11-15/h12-16H,2-11H2,1H3. The zero-order valence-corrected chi connectivity index (χ0v) is 12.6. The molecule has 0 radical (unpaired) electrons. The van der Waals surface area contributed by atoms with Crippen molar-refractivity contribution in [3.05, 3.63) is 0 Å². The molecule has 1 N–H and O–H groups in total. The maximum absolute atomic E-state index is 3.78. The van der Waals surface area contributed by atoms with Crippen molar-refractivity contribution in [1.29, 1.82) is 0 Å². The molecule has 0 aromatic carbocycles. The van der Waals surface area contributed by atoms with E-state index in [0.29, 0.717) is 0 Å². The molecule has 0 aromatic rings. The molecule has 3 atom stereocenters. The molecule has 3 saturated heterocycles. The summed E-state index contributed by atoms with van der Waals surface area (Å²) < 4.78 is 0. The molecule has 0 amide bonds. The van der Waals surface area contributed by atoms with Crippen LogP contribution in [-0.2, 0) is 0 Å². The van der Waals surface area contributed by atoms with E-state index in [4.69, 9.17) is 0 Å². The first kappa shape index (κ1) is 13.3. The maximum atomic E-state index is 3.78. The number of nitrogens with zero attached hydrogens (tertiary/aromatic N) is 1. The maximum Gasteiger partial charge on any atom is 0.0200 e. The molecule has 3 heterocycles. The van der Waals surface area contributed by atoms with Gasteiger partial charge in [0.05, 0.1) is 0 Å². The topological polar surface area (TPSA) is 15.3 Å². The SMILES string of the molecule is CCCNC1CC2CCCC(C1)N2C1CCSC1. The number of hydrogen-bond acceptors (Lipinski definition) is 3. The molecule has 3 fully saturated rings. The summed E-state index contributed by atoms with van der Waals surface area (Å²) in [6.45, 7) is 3.49. The van der Waals surface area contributed by atoms with Crippen molar-refractivity contribution in [3.63, 3.8) is 0 Å². The Bertz CT molecular complexity index is 251. The van der Waals surface area contributed by atoms with Crippen molar-refractivity contribution in [3.8, 4) is 0 Å². The third-order valence-electron chi connectivity index (χ3n) is 5.04. The smallest absolute Gasteiger partial charge is 0.0200 e. The van der Waals surface area contributed by atoms with E-state index in [-0.39, 0.29) is 0 Å². The highest BCUT2D eigenvalue weighted by atomic mass is 32.2. The van der Waals surface area contributed by atoms with E-state index in [1.54, 1.807) is 0 Å². The van der Waals surface area contributed by atoms with E-state index in [1.165, 1.54) is 63.0 Å². The van der Waals surface area contributed by atoms with Gasteiger partial charge in [0, 0.05) is 29.9 Å². The highest BCUT2D eigenvalue weighted by Crippen LogP contribution is 2.38. The summed E-state index contributed by atoms with van der Waals surface area (Å²) in [5, 5.41) is 3.78. The average Bonchev–Trinajstić information content (AvgIpc) is 2.88. The summed E-state index contributed by atoms with van der Waals surface area (Å²) in [5.41, 5.74) is 0. The number of nitrogens with one attached hydrogen (secondary N) is 1. The van der Waals surface area contributed by atoms with Crippen LogP contribution in [0.4, 0.5) is 0 Å². The molecular weight excluding hydrogens is 240 g/mol. The van der Waals surface area contributed by atoms with Crippen molar-refractivity contribution in [2.75, 3.05) is 18.1 Å². The predicted molar refractivity (Wildman–Crippen MR) is 80.3 cm³/mol. The minimum atomic E-state index is 0.811. The van der Waals surface area contributed by atoms with Crippen molar-refractivity contribution in [1.82, 2.24) is 10.2 Å². The Kier molecular flexibility index (Phi) is 4.53. The molecule has 0 aromatic heterocycles. The zero-order chi connectivity index (χ0) is 12.4. The molecule has 3 rings (SSSR count). The van der Waals surface area contributed by atoms with E-state index in [1.807, 2.05) is 0 Å². The fraction of sp³-hybridized carbons (Fsp3) is 1.00. The van der Waals surface area contributed by atoms with Gasteiger partial charge in [-0.05, 0) is 50.8 Å². The second kappa shape index (κ2) is 6.15. The molecule has 0 saturated carbocycles. The van der Waals surface area contributed by atoms with E-state index in [0.717, 1.165) is 24.2 Å². The number of piperidine rings is 2. The highest BCUT2D eigenvalue weighted by Gasteiger charge is 2.41. The Hall–Kier alpha value is 0.270. The van der Waals surface area contributed by atoms with Crippen molar-refractivity contribution in [2.45, 2.75) is 76.0 Å². The lowest BCUT2D eigenvalue weighted by Crippen LogP contribution is -2.59. The van der Waals surface area contributed by atoms with E-state index < -0.39 is 0 Å². The van der Waals surface area contributed by atoms with Crippen molar-refractivity contribution >= 4 is 11.8 Å². The summed E-state index contributed by atoms with van der Waals surface area (Å²) in [5.74, 6) is 2.80. The first-order valence-corrected chi connectivity index (χ1v) is 9.12. The van der Waals surface area contributed by atoms with Gasteiger partial charge in [-0.1, -0.05) is 13.3 Å². The Balaban J connectivity index is 1.63. The van der Waals surface area contributed by atoms with E-state index in [9.17, 15) is 0 Å². The van der Waals surface area contributed by atoms with Crippen molar-refractivity contribution < 1.29 is 0 Å². The summed E-state index contributed by atoms with van der Waals surface area (Å²) in [6, 6.07) is 3.52. The average molecular weight is 268 g/mol. The van der Waals surface area contributed by atoms with Crippen LogP contribution in [0.3, 0.4) is 0 Å². The molecule has 2 bridgehead atoms. The van der Waals surface area contributed by atoms with Crippen LogP contribution in [0.25, 0.3) is 0 Å². The van der Waals surface area contributed by atoms with Crippen LogP contribution in [0.2, 0.25) is 0 Å². The minimum absolute atomic E-state index is 0.811. The van der Waals surface area contributed by atoms with Crippen LogP contribution in [0.5, 0.6) is 0 Å². The third-order valence-corrected chi connectivity index (χ3v) is 6.19. The molecule has 0 spiro atoms. The minimum Gasteiger partial charge on any atom is -0.314 e. The normalized spacial score (nSPS) is 41.2. The fourth-order valence-electron chi connectivity index (χ4n) is 4.29. The van der Waals surface area contributed by atoms with Crippen LogP contribution in [0.1, 0.15) is 51.9 Å². The molecule has 3 aliphatic rings. The summed E-state index contributed by atoms with van der Waals surface area (Å²) in [6.07, 6.45) is 9.95. The molecule has 2 nitrogen and oxygen atoms in total. The van der Waals surface area contributed by atoms with Gasteiger partial charge >= 0.3 is 0 Å². The Morgan fingerprint density at radius 1 is 1.11 bits per heavy atom. The molecule has 0 aliphatic carbocycles. The number of fused-ring (bicyclic) bond motifs is 2. The van der Waals surface area contributed by atoms with Crippen LogP contribution in [0.15, 0.2) is 0 Å². The van der Waals surface area contributed by atoms with Crippen LogP contribution in [0, 0.1) is 0 Å². The van der Waals surface area contributed by atoms with Gasteiger partial charge in [0.1, 0.15) is 0 Å². The first-order chi connectivity index (χ1) is 8.88. The molecular formula is C15H28N2S. The first-order valence-electron chi connectivity index (χ1n) is 7.97. The zero-order valence-electron chi connectivity index (χ0n) is 11.7. The summed E-state index contributed by atoms with van der Waals surface area (Å²) in [4.78, 5) is 2.95. The number of thioether (sulfide) groups is 1. The monoisotopic (exact) mass is 268 g/mol. The van der Waals surface area contributed by atoms with Gasteiger partial charge in [0.2, 0.25) is 0 Å². The van der Waals surface area contributed by atoms with Gasteiger partial charge < -0.3 is 5.32 Å². The van der Waals surface area contributed by atoms with E-state index >= 15 is 0 Å². The third kappa shape index (κ3) is 2.73. The van der Waals surface area contributed by atoms with Gasteiger partial charge in [-0.25, -0.2) is 0 Å². The highest BCUT2D eigenvalue weighted by molar-refractivity contribution is 7.99. The summed E-state index contributed by atoms with van der Waals surface area (Å²) in [7, 11) is 0. The second-order valence-corrected chi connectivity index (χ2v) is 7.48. The lowest BCUT2D eigenvalue weighted by Gasteiger charge is -2.51. The summed E-state index contributed by atoms with van der Waals surface area (Å²) >= 11 is 2.17. The number of rotatable bonds is 4. The molecule has 18 heavy (non-hydrogen) atoms. The van der Waals surface area contributed by atoms with Gasteiger partial charge in [0.15, 0.2) is 0 Å². The molecule has 3 heteroatoms. The molecule has 104 valence electrons. The van der Waals surface area contributed by atoms with Gasteiger partial charge in [-0.3, -0.25) is 4.90 Å². The Labute approximate surface area is 116 Å². The Morgan fingerprint density at radius 2 is 1.89 bits per heavy atom. The fourth-order valence-corrected chi connectivity index (χ4v) is 5.50. The Morgan fingerprint density at radius 3 is 2.50 bits per heavy atom. The van der Waals surface area contributed by atoms with Crippen LogP contribution < -0.4 is 5.32 Å². The van der Waals surface area contributed by atoms with Gasteiger partial charge in [-0.15, -0.1) is 0 Å². The predicted octanol–water partition coefficient (Wildman–Crippen LogP) is 2.88. The van der Waals surface area contributed by atoms with Gasteiger partial charge in [-0.2, -0.15) is 11.8 Å². The van der Waals surface area contributed by atoms with Crippen LogP contribution in [-0.4, -0.2) is 47.1 Å². The van der Waals surface area contributed by atoms with Crippen molar-refractivity contribution in [2.24, 2.45) is 0 Å². The molecule has 3 unspecified atom stereocenters. The lowest BCUT2D eigenvalue weighted by atomic mass is 9.80. The molecule has 3 aliphatic heterocycles. The largest absolute Gasteiger partial charge is 0.314 e. The quantitative estimate of drug-likeness (QED) is 0.844. The number of hydrogen-bond donors (Lipinski definition) is 1.